The van der Waals surface area contributed by atoms with Gasteiger partial charge in [0.05, 0.1) is 17.0 Å². The van der Waals surface area contributed by atoms with E-state index in [0.717, 1.165) is 5.52 Å². The SMILES string of the molecule is O=C(CSc1nc2ncccc2[nH]1)N1CCN(c2ccccc2F)CC1. The molecule has 8 heteroatoms. The molecule has 3 aromatic rings. The maximum absolute atomic E-state index is 13.9. The van der Waals surface area contributed by atoms with Gasteiger partial charge in [0.2, 0.25) is 5.91 Å². The Morgan fingerprint density at radius 3 is 2.73 bits per heavy atom. The van der Waals surface area contributed by atoms with Gasteiger partial charge in [-0.05, 0) is 24.3 Å². The number of nitrogens with one attached hydrogen (secondary N) is 1. The lowest BCUT2D eigenvalue weighted by atomic mass is 10.2. The molecule has 0 radical (unpaired) electrons. The van der Waals surface area contributed by atoms with Crippen LogP contribution in [0.25, 0.3) is 11.2 Å². The predicted molar refractivity (Wildman–Crippen MR) is 99.8 cm³/mol. The summed E-state index contributed by atoms with van der Waals surface area (Å²) in [6, 6.07) is 10.5. The Morgan fingerprint density at radius 1 is 1.15 bits per heavy atom. The molecule has 0 unspecified atom stereocenters. The zero-order chi connectivity index (χ0) is 17.9. The number of benzene rings is 1. The number of fused-ring (bicyclic) bond motifs is 1. The molecular weight excluding hydrogens is 353 g/mol. The van der Waals surface area contributed by atoms with Crippen molar-refractivity contribution < 1.29 is 9.18 Å². The van der Waals surface area contributed by atoms with Gasteiger partial charge in [0.25, 0.3) is 0 Å². The van der Waals surface area contributed by atoms with Crippen LogP contribution in [-0.4, -0.2) is 57.7 Å². The number of para-hydroxylation sites is 1. The normalized spacial score (nSPS) is 14.8. The number of carbonyl (C=O) groups is 1. The van der Waals surface area contributed by atoms with Crippen LogP contribution in [0.15, 0.2) is 47.8 Å². The molecule has 0 aliphatic carbocycles. The fraction of sp³-hybridized carbons (Fsp3) is 0.278. The van der Waals surface area contributed by atoms with Crippen molar-refractivity contribution in [3.05, 3.63) is 48.4 Å². The summed E-state index contributed by atoms with van der Waals surface area (Å²) in [5, 5.41) is 0.692. The minimum Gasteiger partial charge on any atom is -0.366 e. The first-order valence-corrected chi connectivity index (χ1v) is 9.40. The minimum absolute atomic E-state index is 0.0663. The third-order valence-corrected chi connectivity index (χ3v) is 5.25. The molecule has 134 valence electrons. The minimum atomic E-state index is -0.221. The van der Waals surface area contributed by atoms with Crippen molar-refractivity contribution in [3.8, 4) is 0 Å². The van der Waals surface area contributed by atoms with E-state index in [0.29, 0.717) is 48.4 Å². The number of aromatic amines is 1. The van der Waals surface area contributed by atoms with E-state index >= 15 is 0 Å². The number of anilines is 1. The number of rotatable bonds is 4. The lowest BCUT2D eigenvalue weighted by Crippen LogP contribution is -2.49. The predicted octanol–water partition coefficient (Wildman–Crippen LogP) is 2.54. The van der Waals surface area contributed by atoms with Crippen LogP contribution in [0, 0.1) is 5.82 Å². The smallest absolute Gasteiger partial charge is 0.233 e. The highest BCUT2D eigenvalue weighted by atomic mass is 32.2. The van der Waals surface area contributed by atoms with Crippen molar-refractivity contribution in [2.45, 2.75) is 5.16 Å². The number of thioether (sulfide) groups is 1. The summed E-state index contributed by atoms with van der Waals surface area (Å²) in [7, 11) is 0. The molecule has 1 fully saturated rings. The fourth-order valence-electron chi connectivity index (χ4n) is 3.02. The largest absolute Gasteiger partial charge is 0.366 e. The monoisotopic (exact) mass is 371 g/mol. The third-order valence-electron chi connectivity index (χ3n) is 4.39. The van der Waals surface area contributed by atoms with Crippen LogP contribution in [0.5, 0.6) is 0 Å². The summed E-state index contributed by atoms with van der Waals surface area (Å²) < 4.78 is 13.9. The Morgan fingerprint density at radius 2 is 1.96 bits per heavy atom. The maximum Gasteiger partial charge on any atom is 0.233 e. The molecule has 0 spiro atoms. The Labute approximate surface area is 154 Å². The van der Waals surface area contributed by atoms with Crippen LogP contribution in [0.4, 0.5) is 10.1 Å². The van der Waals surface area contributed by atoms with Crippen LogP contribution < -0.4 is 4.90 Å². The van der Waals surface area contributed by atoms with E-state index in [9.17, 15) is 9.18 Å². The second-order valence-corrected chi connectivity index (χ2v) is 6.99. The maximum atomic E-state index is 13.9. The summed E-state index contributed by atoms with van der Waals surface area (Å²) in [4.78, 5) is 28.0. The molecular formula is C18H18FN5OS. The molecule has 3 heterocycles. The van der Waals surface area contributed by atoms with E-state index in [1.807, 2.05) is 28.0 Å². The highest BCUT2D eigenvalue weighted by molar-refractivity contribution is 7.99. The van der Waals surface area contributed by atoms with E-state index in [1.165, 1.54) is 17.8 Å². The number of aromatic nitrogens is 3. The molecule has 1 saturated heterocycles. The van der Waals surface area contributed by atoms with Crippen LogP contribution in [0.1, 0.15) is 0 Å². The number of imidazole rings is 1. The number of carbonyl (C=O) groups excluding carboxylic acids is 1. The number of hydrogen-bond donors (Lipinski definition) is 1. The van der Waals surface area contributed by atoms with E-state index < -0.39 is 0 Å². The zero-order valence-electron chi connectivity index (χ0n) is 14.1. The average Bonchev–Trinajstić information content (AvgIpc) is 3.10. The highest BCUT2D eigenvalue weighted by Crippen LogP contribution is 2.21. The number of piperazine rings is 1. The number of hydrogen-bond acceptors (Lipinski definition) is 5. The Balaban J connectivity index is 1.31. The Bertz CT molecular complexity index is 890. The summed E-state index contributed by atoms with van der Waals surface area (Å²) in [5.74, 6) is 0.164. The topological polar surface area (TPSA) is 65.1 Å². The van der Waals surface area contributed by atoms with Crippen LogP contribution in [0.2, 0.25) is 0 Å². The van der Waals surface area contributed by atoms with E-state index in [1.54, 1.807) is 18.3 Å². The number of pyridine rings is 1. The molecule has 4 rings (SSSR count). The van der Waals surface area contributed by atoms with Crippen molar-refractivity contribution >= 4 is 34.5 Å². The molecule has 0 saturated carbocycles. The summed E-state index contributed by atoms with van der Waals surface area (Å²) in [6.45, 7) is 2.45. The van der Waals surface area contributed by atoms with Crippen LogP contribution in [-0.2, 0) is 4.79 Å². The van der Waals surface area contributed by atoms with Gasteiger partial charge in [-0.25, -0.2) is 14.4 Å². The summed E-state index contributed by atoms with van der Waals surface area (Å²) >= 11 is 1.38. The van der Waals surface area contributed by atoms with Crippen molar-refractivity contribution in [1.82, 2.24) is 19.9 Å². The van der Waals surface area contributed by atoms with E-state index in [2.05, 4.69) is 15.0 Å². The highest BCUT2D eigenvalue weighted by Gasteiger charge is 2.22. The van der Waals surface area contributed by atoms with Gasteiger partial charge in [-0.3, -0.25) is 4.79 Å². The molecule has 1 aliphatic heterocycles. The number of nitrogens with zero attached hydrogens (tertiary/aromatic N) is 4. The zero-order valence-corrected chi connectivity index (χ0v) is 14.9. The van der Waals surface area contributed by atoms with Gasteiger partial charge in [0.15, 0.2) is 10.8 Å². The average molecular weight is 371 g/mol. The number of H-pyrrole nitrogens is 1. The third kappa shape index (κ3) is 3.50. The van der Waals surface area contributed by atoms with E-state index in [4.69, 9.17) is 0 Å². The Kier molecular flexibility index (Phi) is 4.75. The molecule has 26 heavy (non-hydrogen) atoms. The summed E-state index contributed by atoms with van der Waals surface area (Å²) in [6.07, 6.45) is 1.69. The number of amides is 1. The van der Waals surface area contributed by atoms with E-state index in [-0.39, 0.29) is 11.7 Å². The lowest BCUT2D eigenvalue weighted by Gasteiger charge is -2.36. The second kappa shape index (κ2) is 7.33. The Hall–Kier alpha value is -2.61. The van der Waals surface area contributed by atoms with Crippen molar-refractivity contribution in [1.29, 1.82) is 0 Å². The van der Waals surface area contributed by atoms with Gasteiger partial charge in [0.1, 0.15) is 5.82 Å². The van der Waals surface area contributed by atoms with Gasteiger partial charge < -0.3 is 14.8 Å². The fourth-order valence-corrected chi connectivity index (χ4v) is 3.79. The molecule has 0 atom stereocenters. The second-order valence-electron chi connectivity index (χ2n) is 6.02. The molecule has 1 aromatic carbocycles. The first kappa shape index (κ1) is 16.8. The van der Waals surface area contributed by atoms with Gasteiger partial charge in [-0.15, -0.1) is 0 Å². The molecule has 1 aliphatic rings. The molecule has 1 amide bonds. The van der Waals surface area contributed by atoms with Gasteiger partial charge in [-0.2, -0.15) is 0 Å². The quantitative estimate of drug-likeness (QED) is 0.714. The van der Waals surface area contributed by atoms with Gasteiger partial charge >= 0.3 is 0 Å². The van der Waals surface area contributed by atoms with Crippen LogP contribution in [0.3, 0.4) is 0 Å². The number of halogens is 1. The first-order chi connectivity index (χ1) is 12.7. The molecule has 6 nitrogen and oxygen atoms in total. The lowest BCUT2D eigenvalue weighted by molar-refractivity contribution is -0.128. The standard InChI is InChI=1S/C18H18FN5OS/c19-13-4-1-2-6-15(13)23-8-10-24(11-9-23)16(25)12-26-18-21-14-5-3-7-20-17(14)22-18/h1-7H,8-12H2,(H,20,21,22). The van der Waals surface area contributed by atoms with Crippen molar-refractivity contribution in [2.24, 2.45) is 0 Å². The first-order valence-electron chi connectivity index (χ1n) is 8.41. The molecule has 1 N–H and O–H groups in total. The van der Waals surface area contributed by atoms with Crippen molar-refractivity contribution in [2.75, 3.05) is 36.8 Å². The van der Waals surface area contributed by atoms with Crippen LogP contribution >= 0.6 is 11.8 Å². The van der Waals surface area contributed by atoms with Gasteiger partial charge in [-0.1, -0.05) is 23.9 Å². The molecule has 0 bridgehead atoms. The summed E-state index contributed by atoms with van der Waals surface area (Å²) in [5.41, 5.74) is 2.12. The van der Waals surface area contributed by atoms with Gasteiger partial charge in [0, 0.05) is 32.4 Å². The van der Waals surface area contributed by atoms with Crippen molar-refractivity contribution in [3.63, 3.8) is 0 Å². The molecule has 2 aromatic heterocycles.